The van der Waals surface area contributed by atoms with Crippen LogP contribution in [0.5, 0.6) is 5.75 Å². The number of sulfonamides is 1. The van der Waals surface area contributed by atoms with Crippen LogP contribution < -0.4 is 4.74 Å². The molecule has 1 unspecified atom stereocenters. The Morgan fingerprint density at radius 3 is 2.48 bits per heavy atom. The van der Waals surface area contributed by atoms with Crippen molar-refractivity contribution in [2.45, 2.75) is 42.9 Å². The maximum absolute atomic E-state index is 13.1. The Balaban J connectivity index is 3.30. The van der Waals surface area contributed by atoms with Crippen molar-refractivity contribution < 1.29 is 23.1 Å². The molecule has 2 atom stereocenters. The van der Waals surface area contributed by atoms with Crippen molar-refractivity contribution in [2.24, 2.45) is 0 Å². The highest BCUT2D eigenvalue weighted by Crippen LogP contribution is 2.31. The van der Waals surface area contributed by atoms with Crippen molar-refractivity contribution >= 4 is 28.6 Å². The van der Waals surface area contributed by atoms with Gasteiger partial charge in [-0.3, -0.25) is 4.79 Å². The third kappa shape index (κ3) is 5.76. The van der Waals surface area contributed by atoms with E-state index in [1.54, 1.807) is 20.8 Å². The third-order valence-corrected chi connectivity index (χ3v) is 6.46. The maximum atomic E-state index is 13.1. The molecule has 1 rings (SSSR count). The van der Waals surface area contributed by atoms with Gasteiger partial charge in [-0.2, -0.15) is 16.9 Å². The van der Waals surface area contributed by atoms with Gasteiger partial charge >= 0.3 is 5.97 Å². The molecule has 0 amide bonds. The first-order chi connectivity index (χ1) is 12.6. The van der Waals surface area contributed by atoms with Crippen LogP contribution in [0, 0.1) is 11.8 Å². The first kappa shape index (κ1) is 23.1. The number of carbonyl (C=O) groups is 1. The first-order valence-corrected chi connectivity index (χ1v) is 10.2. The second-order valence-electron chi connectivity index (χ2n) is 6.00. The van der Waals surface area contributed by atoms with Gasteiger partial charge in [-0.25, -0.2) is 8.42 Å². The van der Waals surface area contributed by atoms with Crippen LogP contribution in [0.2, 0.25) is 0 Å². The lowest BCUT2D eigenvalue weighted by Gasteiger charge is -2.36. The highest BCUT2D eigenvalue weighted by Gasteiger charge is 2.44. The number of rotatable bonds is 10. The van der Waals surface area contributed by atoms with E-state index in [2.05, 4.69) is 31.0 Å². The quantitative estimate of drug-likeness (QED) is 0.351. The Labute approximate surface area is 166 Å². The zero-order chi connectivity index (χ0) is 20.7. The van der Waals surface area contributed by atoms with Crippen molar-refractivity contribution in [3.05, 3.63) is 36.9 Å². The van der Waals surface area contributed by atoms with Crippen LogP contribution in [0.25, 0.3) is 0 Å². The molecule has 0 fully saturated rings. The zero-order valence-electron chi connectivity index (χ0n) is 15.7. The highest BCUT2D eigenvalue weighted by molar-refractivity contribution is 7.89. The highest BCUT2D eigenvalue weighted by atomic mass is 32.2. The van der Waals surface area contributed by atoms with Crippen molar-refractivity contribution in [1.82, 2.24) is 4.31 Å². The minimum Gasteiger partial charge on any atom is -0.481 e. The lowest BCUT2D eigenvalue weighted by atomic mass is 9.98. The van der Waals surface area contributed by atoms with Crippen LogP contribution in [0.15, 0.2) is 41.8 Å². The molecule has 0 saturated carbocycles. The van der Waals surface area contributed by atoms with Gasteiger partial charge < -0.3 is 9.84 Å². The van der Waals surface area contributed by atoms with Gasteiger partial charge in [-0.1, -0.05) is 18.9 Å². The summed E-state index contributed by atoms with van der Waals surface area (Å²) >= 11 is 4.41. The van der Waals surface area contributed by atoms with Gasteiger partial charge in [0.2, 0.25) is 10.0 Å². The Morgan fingerprint density at radius 1 is 1.44 bits per heavy atom. The molecule has 1 N–H and O–H groups in total. The molecule has 6 nitrogen and oxygen atoms in total. The molecule has 148 valence electrons. The number of carboxylic acid groups (broad SMARTS) is 1. The lowest BCUT2D eigenvalue weighted by Crippen LogP contribution is -2.55. The van der Waals surface area contributed by atoms with Crippen molar-refractivity contribution in [2.75, 3.05) is 13.2 Å². The fraction of sp³-hybridized carbons (Fsp3) is 0.421. The van der Waals surface area contributed by atoms with Gasteiger partial charge in [0, 0.05) is 11.3 Å². The van der Waals surface area contributed by atoms with E-state index >= 15 is 0 Å². The summed E-state index contributed by atoms with van der Waals surface area (Å²) in [6, 6.07) is 4.41. The van der Waals surface area contributed by atoms with Crippen LogP contribution in [0.4, 0.5) is 0 Å². The molecule has 8 heteroatoms. The minimum absolute atomic E-state index is 0.0373. The van der Waals surface area contributed by atoms with Crippen LogP contribution in [-0.4, -0.2) is 47.7 Å². The number of hydrogen-bond acceptors (Lipinski definition) is 5. The number of carboxylic acids is 1. The molecule has 0 radical (unpaired) electrons. The number of aliphatic carboxylic acids is 1. The van der Waals surface area contributed by atoms with Gasteiger partial charge in [0.15, 0.2) is 0 Å². The van der Waals surface area contributed by atoms with Crippen molar-refractivity contribution in [3.8, 4) is 17.6 Å². The predicted octanol–water partition coefficient (Wildman–Crippen LogP) is 2.82. The molecular formula is C19H25NO5S2. The van der Waals surface area contributed by atoms with Gasteiger partial charge in [-0.15, -0.1) is 12.5 Å². The molecular weight excluding hydrogens is 386 g/mol. The van der Waals surface area contributed by atoms with E-state index in [4.69, 9.17) is 4.74 Å². The summed E-state index contributed by atoms with van der Waals surface area (Å²) in [6.45, 7) is 8.65. The van der Waals surface area contributed by atoms with E-state index in [1.165, 1.54) is 30.3 Å². The molecule has 0 saturated heterocycles. The van der Waals surface area contributed by atoms with E-state index in [0.717, 1.165) is 4.31 Å². The van der Waals surface area contributed by atoms with Gasteiger partial charge in [0.25, 0.3) is 0 Å². The second-order valence-corrected chi connectivity index (χ2v) is 8.91. The number of thiol groups is 1. The summed E-state index contributed by atoms with van der Waals surface area (Å²) < 4.78 is 31.5. The normalized spacial score (nSPS) is 14.6. The summed E-state index contributed by atoms with van der Waals surface area (Å²) in [5.74, 6) is 4.64. The van der Waals surface area contributed by atoms with E-state index < -0.39 is 26.8 Å². The van der Waals surface area contributed by atoms with Crippen molar-refractivity contribution in [1.29, 1.82) is 0 Å². The molecule has 0 aliphatic heterocycles. The third-order valence-electron chi connectivity index (χ3n) is 4.05. The Hall–Kier alpha value is -1.95. The Bertz CT molecular complexity index is 820. The number of ether oxygens (including phenoxy) is 1. The second kappa shape index (κ2) is 9.83. The largest absolute Gasteiger partial charge is 0.481 e. The van der Waals surface area contributed by atoms with Crippen LogP contribution in [-0.2, 0) is 14.8 Å². The molecule has 0 aliphatic carbocycles. The summed E-state index contributed by atoms with van der Waals surface area (Å²) in [5.41, 5.74) is 0. The van der Waals surface area contributed by atoms with Crippen LogP contribution >= 0.6 is 12.6 Å². The van der Waals surface area contributed by atoms with E-state index in [0.29, 0.717) is 12.2 Å². The summed E-state index contributed by atoms with van der Waals surface area (Å²) in [7, 11) is -4.09. The van der Waals surface area contributed by atoms with Crippen LogP contribution in [0.3, 0.4) is 0 Å². The fourth-order valence-electron chi connectivity index (χ4n) is 2.40. The van der Waals surface area contributed by atoms with Gasteiger partial charge in [0.1, 0.15) is 18.4 Å². The molecule has 0 aliphatic rings. The maximum Gasteiger partial charge on any atom is 0.323 e. The average molecular weight is 412 g/mol. The predicted molar refractivity (Wildman–Crippen MR) is 109 cm³/mol. The summed E-state index contributed by atoms with van der Waals surface area (Å²) in [5, 5.41) is 9.69. The standard InChI is InChI=1S/C19H25NO5S2/c1-5-8-14-25-15-9-11-16(12-10-15)27(23,24)20(13-6-2)17(18(21)22)19(4,26)7-3/h6,9-12,17,26H,2,7,13-14H2,1,3-4H3,(H,21,22)/t17-,19?/m0/s1. The minimum atomic E-state index is -4.09. The van der Waals surface area contributed by atoms with E-state index in [-0.39, 0.29) is 18.0 Å². The molecule has 27 heavy (non-hydrogen) atoms. The summed E-state index contributed by atoms with van der Waals surface area (Å²) in [4.78, 5) is 11.8. The molecule has 0 heterocycles. The Kier molecular flexibility index (Phi) is 8.41. The summed E-state index contributed by atoms with van der Waals surface area (Å²) in [6.07, 6.45) is 1.72. The topological polar surface area (TPSA) is 83.9 Å². The lowest BCUT2D eigenvalue weighted by molar-refractivity contribution is -0.142. The van der Waals surface area contributed by atoms with Crippen molar-refractivity contribution in [3.63, 3.8) is 0 Å². The molecule has 0 bridgehead atoms. The SMILES string of the molecule is C=CCN([C@@H](C(=O)O)C(C)(S)CC)S(=O)(=O)c1ccc(OCC#CC)cc1. The molecule has 0 aromatic heterocycles. The number of benzene rings is 1. The van der Waals surface area contributed by atoms with Gasteiger partial charge in [0.05, 0.1) is 4.90 Å². The molecule has 0 spiro atoms. The number of nitrogens with zero attached hydrogens (tertiary/aromatic N) is 1. The number of hydrogen-bond donors (Lipinski definition) is 2. The monoisotopic (exact) mass is 411 g/mol. The van der Waals surface area contributed by atoms with Gasteiger partial charge in [-0.05, 0) is 44.5 Å². The van der Waals surface area contributed by atoms with Crippen LogP contribution in [0.1, 0.15) is 27.2 Å². The van der Waals surface area contributed by atoms with E-state index in [9.17, 15) is 18.3 Å². The zero-order valence-corrected chi connectivity index (χ0v) is 17.4. The average Bonchev–Trinajstić information content (AvgIpc) is 2.61. The smallest absolute Gasteiger partial charge is 0.323 e. The fourth-order valence-corrected chi connectivity index (χ4v) is 4.38. The molecule has 1 aromatic carbocycles. The van der Waals surface area contributed by atoms with E-state index in [1.807, 2.05) is 0 Å². The first-order valence-electron chi connectivity index (χ1n) is 8.32. The molecule has 1 aromatic rings. The Morgan fingerprint density at radius 2 is 2.04 bits per heavy atom.